The predicted octanol–water partition coefficient (Wildman–Crippen LogP) is 1.14. The molecule has 0 bridgehead atoms. The second-order valence-corrected chi connectivity index (χ2v) is 4.55. The molecular formula is C11H20N2O. The first kappa shape index (κ1) is 9.97. The minimum atomic E-state index is 0.127. The Morgan fingerprint density at radius 1 is 1.21 bits per heavy atom. The monoisotopic (exact) mass is 196 g/mol. The van der Waals surface area contributed by atoms with Gasteiger partial charge in [-0.25, -0.2) is 0 Å². The van der Waals surface area contributed by atoms with Gasteiger partial charge >= 0.3 is 0 Å². The van der Waals surface area contributed by atoms with Crippen molar-refractivity contribution in [2.24, 2.45) is 0 Å². The maximum absolute atomic E-state index is 11.1. The van der Waals surface area contributed by atoms with Crippen molar-refractivity contribution in [3.63, 3.8) is 0 Å². The number of fused-ring (bicyclic) bond motifs is 1. The summed E-state index contributed by atoms with van der Waals surface area (Å²) in [6.45, 7) is 4.10. The molecule has 2 heterocycles. The summed E-state index contributed by atoms with van der Waals surface area (Å²) in [6.07, 6.45) is 6.34. The summed E-state index contributed by atoms with van der Waals surface area (Å²) < 4.78 is 0. The standard InChI is InChI=1S/C11H20N2O/c1-9(14)12-10-5-4-8-13-7-3-2-6-11(10)13/h10-11H,2-8H2,1H3,(H,12,14)/t10-,11+/m0/s1. The molecule has 2 aliphatic heterocycles. The molecule has 1 amide bonds. The van der Waals surface area contributed by atoms with Crippen molar-refractivity contribution in [3.8, 4) is 0 Å². The topological polar surface area (TPSA) is 32.3 Å². The smallest absolute Gasteiger partial charge is 0.217 e. The predicted molar refractivity (Wildman–Crippen MR) is 56.1 cm³/mol. The van der Waals surface area contributed by atoms with Crippen LogP contribution in [0.2, 0.25) is 0 Å². The second kappa shape index (κ2) is 4.30. The van der Waals surface area contributed by atoms with Crippen molar-refractivity contribution in [1.82, 2.24) is 10.2 Å². The summed E-state index contributed by atoms with van der Waals surface area (Å²) in [5.41, 5.74) is 0. The van der Waals surface area contributed by atoms with Crippen molar-refractivity contribution in [1.29, 1.82) is 0 Å². The van der Waals surface area contributed by atoms with Gasteiger partial charge in [0.15, 0.2) is 0 Å². The Bertz CT molecular complexity index is 215. The molecule has 3 nitrogen and oxygen atoms in total. The van der Waals surface area contributed by atoms with Gasteiger partial charge in [0.25, 0.3) is 0 Å². The molecule has 0 aromatic heterocycles. The van der Waals surface area contributed by atoms with Crippen molar-refractivity contribution < 1.29 is 4.79 Å². The number of amides is 1. The van der Waals surface area contributed by atoms with E-state index in [1.54, 1.807) is 6.92 Å². The van der Waals surface area contributed by atoms with Crippen LogP contribution in [0, 0.1) is 0 Å². The van der Waals surface area contributed by atoms with Gasteiger partial charge < -0.3 is 5.32 Å². The summed E-state index contributed by atoms with van der Waals surface area (Å²) in [4.78, 5) is 13.6. The summed E-state index contributed by atoms with van der Waals surface area (Å²) in [6, 6.07) is 1.04. The molecule has 3 heteroatoms. The molecule has 0 aliphatic carbocycles. The van der Waals surface area contributed by atoms with Crippen LogP contribution in [0.5, 0.6) is 0 Å². The Labute approximate surface area is 85.8 Å². The Kier molecular flexibility index (Phi) is 3.06. The Morgan fingerprint density at radius 2 is 2.00 bits per heavy atom. The molecule has 2 aliphatic rings. The van der Waals surface area contributed by atoms with E-state index in [1.165, 1.54) is 45.2 Å². The van der Waals surface area contributed by atoms with Gasteiger partial charge in [0.05, 0.1) is 0 Å². The van der Waals surface area contributed by atoms with E-state index in [2.05, 4.69) is 10.2 Å². The average Bonchev–Trinajstić information content (AvgIpc) is 2.18. The largest absolute Gasteiger partial charge is 0.352 e. The molecule has 1 N–H and O–H groups in total. The number of hydrogen-bond acceptors (Lipinski definition) is 2. The van der Waals surface area contributed by atoms with Gasteiger partial charge in [0.1, 0.15) is 0 Å². The molecule has 2 fully saturated rings. The van der Waals surface area contributed by atoms with Gasteiger partial charge in [0.2, 0.25) is 5.91 Å². The van der Waals surface area contributed by atoms with Crippen molar-refractivity contribution in [2.75, 3.05) is 13.1 Å². The third kappa shape index (κ3) is 2.08. The highest BCUT2D eigenvalue weighted by Crippen LogP contribution is 2.26. The fourth-order valence-corrected chi connectivity index (χ4v) is 2.89. The van der Waals surface area contributed by atoms with Crippen LogP contribution < -0.4 is 5.32 Å². The van der Waals surface area contributed by atoms with Gasteiger partial charge in [0, 0.05) is 19.0 Å². The lowest BCUT2D eigenvalue weighted by molar-refractivity contribution is -0.120. The van der Waals surface area contributed by atoms with Crippen LogP contribution >= 0.6 is 0 Å². The van der Waals surface area contributed by atoms with E-state index in [-0.39, 0.29) is 5.91 Å². The fraction of sp³-hybridized carbons (Fsp3) is 0.909. The van der Waals surface area contributed by atoms with Crippen molar-refractivity contribution >= 4 is 5.91 Å². The van der Waals surface area contributed by atoms with Crippen LogP contribution in [-0.2, 0) is 4.79 Å². The van der Waals surface area contributed by atoms with Crippen molar-refractivity contribution in [2.45, 2.75) is 51.1 Å². The molecule has 2 rings (SSSR count). The van der Waals surface area contributed by atoms with Crippen LogP contribution in [-0.4, -0.2) is 36.0 Å². The SMILES string of the molecule is CC(=O)N[C@H]1CCCN2CCCC[C@H]12. The second-order valence-electron chi connectivity index (χ2n) is 4.55. The number of rotatable bonds is 1. The summed E-state index contributed by atoms with van der Waals surface area (Å²) in [7, 11) is 0. The van der Waals surface area contributed by atoms with Gasteiger partial charge in [-0.2, -0.15) is 0 Å². The minimum absolute atomic E-state index is 0.127. The zero-order valence-electron chi connectivity index (χ0n) is 8.96. The lowest BCUT2D eigenvalue weighted by atomic mass is 9.89. The zero-order valence-corrected chi connectivity index (χ0v) is 8.96. The number of nitrogens with zero attached hydrogens (tertiary/aromatic N) is 1. The lowest BCUT2D eigenvalue weighted by Crippen LogP contribution is -2.56. The third-order valence-corrected chi connectivity index (χ3v) is 3.48. The van der Waals surface area contributed by atoms with E-state index in [0.717, 1.165) is 0 Å². The summed E-state index contributed by atoms with van der Waals surface area (Å²) in [5, 5.41) is 3.10. The Morgan fingerprint density at radius 3 is 2.79 bits per heavy atom. The molecule has 0 aromatic carbocycles. The van der Waals surface area contributed by atoms with E-state index in [9.17, 15) is 4.79 Å². The average molecular weight is 196 g/mol. The molecule has 14 heavy (non-hydrogen) atoms. The van der Waals surface area contributed by atoms with Crippen LogP contribution in [0.15, 0.2) is 0 Å². The van der Waals surface area contributed by atoms with E-state index in [0.29, 0.717) is 12.1 Å². The molecule has 2 atom stereocenters. The number of hydrogen-bond donors (Lipinski definition) is 1. The quantitative estimate of drug-likeness (QED) is 0.682. The number of piperidine rings is 2. The van der Waals surface area contributed by atoms with Crippen LogP contribution in [0.3, 0.4) is 0 Å². The van der Waals surface area contributed by atoms with Crippen LogP contribution in [0.25, 0.3) is 0 Å². The van der Waals surface area contributed by atoms with Gasteiger partial charge in [-0.05, 0) is 38.8 Å². The third-order valence-electron chi connectivity index (χ3n) is 3.48. The van der Waals surface area contributed by atoms with Gasteiger partial charge in [-0.1, -0.05) is 6.42 Å². The van der Waals surface area contributed by atoms with Gasteiger partial charge in [-0.15, -0.1) is 0 Å². The highest BCUT2D eigenvalue weighted by Gasteiger charge is 2.33. The Balaban J connectivity index is 1.97. The van der Waals surface area contributed by atoms with Crippen LogP contribution in [0.4, 0.5) is 0 Å². The van der Waals surface area contributed by atoms with Crippen LogP contribution in [0.1, 0.15) is 39.0 Å². The summed E-state index contributed by atoms with van der Waals surface area (Å²) >= 11 is 0. The lowest BCUT2D eigenvalue weighted by Gasteiger charge is -2.44. The molecule has 2 saturated heterocycles. The first-order chi connectivity index (χ1) is 6.77. The maximum atomic E-state index is 11.1. The highest BCUT2D eigenvalue weighted by atomic mass is 16.1. The zero-order chi connectivity index (χ0) is 9.97. The maximum Gasteiger partial charge on any atom is 0.217 e. The van der Waals surface area contributed by atoms with Crippen molar-refractivity contribution in [3.05, 3.63) is 0 Å². The normalized spacial score (nSPS) is 33.5. The first-order valence-corrected chi connectivity index (χ1v) is 5.78. The van der Waals surface area contributed by atoms with E-state index >= 15 is 0 Å². The molecule has 0 aromatic rings. The molecule has 0 unspecified atom stereocenters. The summed E-state index contributed by atoms with van der Waals surface area (Å²) in [5.74, 6) is 0.127. The first-order valence-electron chi connectivity index (χ1n) is 5.78. The molecule has 80 valence electrons. The number of carbonyl (C=O) groups is 1. The minimum Gasteiger partial charge on any atom is -0.352 e. The molecule has 0 radical (unpaired) electrons. The number of nitrogens with one attached hydrogen (secondary N) is 1. The molecular weight excluding hydrogens is 176 g/mol. The van der Waals surface area contributed by atoms with E-state index < -0.39 is 0 Å². The molecule has 0 spiro atoms. The fourth-order valence-electron chi connectivity index (χ4n) is 2.89. The number of carbonyl (C=O) groups excluding carboxylic acids is 1. The Hall–Kier alpha value is -0.570. The van der Waals surface area contributed by atoms with E-state index in [4.69, 9.17) is 0 Å². The van der Waals surface area contributed by atoms with E-state index in [1.807, 2.05) is 0 Å². The highest BCUT2D eigenvalue weighted by molar-refractivity contribution is 5.73. The van der Waals surface area contributed by atoms with Gasteiger partial charge in [-0.3, -0.25) is 9.69 Å². The molecule has 0 saturated carbocycles.